The van der Waals surface area contributed by atoms with Crippen LogP contribution in [0.25, 0.3) is 39.5 Å². The molecule has 2 heterocycles. The van der Waals surface area contributed by atoms with Crippen molar-refractivity contribution in [2.24, 2.45) is 0 Å². The number of halogens is 4. The van der Waals surface area contributed by atoms with Crippen LogP contribution in [0.5, 0.6) is 0 Å². The maximum absolute atomic E-state index is 13.9. The highest BCUT2D eigenvalue weighted by atomic mass is 35.5. The monoisotopic (exact) mass is 635 g/mol. The molecule has 222 valence electrons. The van der Waals surface area contributed by atoms with E-state index in [-0.39, 0.29) is 5.56 Å². The van der Waals surface area contributed by atoms with Gasteiger partial charge in [-0.25, -0.2) is 13.8 Å². The summed E-state index contributed by atoms with van der Waals surface area (Å²) in [6.07, 6.45) is -4.49. The van der Waals surface area contributed by atoms with Crippen LogP contribution >= 0.6 is 11.6 Å². The van der Waals surface area contributed by atoms with Crippen LogP contribution in [0.4, 0.5) is 13.2 Å². The number of alkyl halides is 3. The molecule has 0 fully saturated rings. The Hall–Kier alpha value is -4.65. The standard InChI is InChI=1S/C31H21ClF3N5O3S/c1-19-2-4-20(5-3-19)28(31(33,34)35)43-44(41,42)25-13-11-24(12-14-25)40-30(22-8-15-26-27(18-22)37-17-16-36-26)38-29(39-40)21-6-9-23(32)10-7-21/h2-18,28H,1H3. The second-order valence-electron chi connectivity index (χ2n) is 9.81. The molecule has 0 aliphatic rings. The Morgan fingerprint density at radius 2 is 1.45 bits per heavy atom. The maximum atomic E-state index is 13.9. The van der Waals surface area contributed by atoms with Gasteiger partial charge < -0.3 is 0 Å². The van der Waals surface area contributed by atoms with Crippen molar-refractivity contribution < 1.29 is 25.8 Å². The van der Waals surface area contributed by atoms with Crippen LogP contribution in [0.2, 0.25) is 5.02 Å². The van der Waals surface area contributed by atoms with Gasteiger partial charge in [-0.3, -0.25) is 9.97 Å². The molecule has 44 heavy (non-hydrogen) atoms. The Morgan fingerprint density at radius 3 is 2.11 bits per heavy atom. The minimum Gasteiger partial charge on any atom is -0.253 e. The first-order chi connectivity index (χ1) is 21.0. The average Bonchev–Trinajstić information content (AvgIpc) is 3.46. The topological polar surface area (TPSA) is 99.9 Å². The van der Waals surface area contributed by atoms with Gasteiger partial charge in [-0.1, -0.05) is 41.4 Å². The first kappa shape index (κ1) is 29.4. The summed E-state index contributed by atoms with van der Waals surface area (Å²) >= 11 is 6.05. The largest absolute Gasteiger partial charge is 0.420 e. The van der Waals surface area contributed by atoms with E-state index < -0.39 is 27.3 Å². The molecule has 2 aromatic heterocycles. The lowest BCUT2D eigenvalue weighted by molar-refractivity contribution is -0.196. The fourth-order valence-corrected chi connectivity index (χ4v) is 5.66. The predicted octanol–water partition coefficient (Wildman–Crippen LogP) is 7.52. The number of rotatable bonds is 7. The zero-order chi connectivity index (χ0) is 31.1. The highest BCUT2D eigenvalue weighted by Gasteiger charge is 2.45. The molecule has 0 saturated heterocycles. The second-order valence-corrected chi connectivity index (χ2v) is 11.8. The molecule has 0 aliphatic heterocycles. The Morgan fingerprint density at radius 1 is 0.818 bits per heavy atom. The lowest BCUT2D eigenvalue weighted by atomic mass is 10.1. The predicted molar refractivity (Wildman–Crippen MR) is 159 cm³/mol. The normalized spacial score (nSPS) is 12.8. The third kappa shape index (κ3) is 6.05. The van der Waals surface area contributed by atoms with E-state index in [0.29, 0.717) is 44.5 Å². The molecule has 0 amide bonds. The van der Waals surface area contributed by atoms with E-state index in [0.717, 1.165) is 17.7 Å². The second kappa shape index (κ2) is 11.5. The molecule has 1 unspecified atom stereocenters. The number of aryl methyl sites for hydroxylation is 1. The van der Waals surface area contributed by atoms with Crippen molar-refractivity contribution in [3.63, 3.8) is 0 Å². The first-order valence-corrected chi connectivity index (χ1v) is 14.9. The third-order valence-corrected chi connectivity index (χ3v) is 8.25. The van der Waals surface area contributed by atoms with Crippen LogP contribution in [0.15, 0.2) is 108 Å². The van der Waals surface area contributed by atoms with E-state index in [1.54, 1.807) is 61.8 Å². The Labute approximate surface area is 254 Å². The van der Waals surface area contributed by atoms with Crippen LogP contribution in [-0.4, -0.2) is 39.3 Å². The first-order valence-electron chi connectivity index (χ1n) is 13.1. The van der Waals surface area contributed by atoms with Crippen molar-refractivity contribution in [1.29, 1.82) is 0 Å². The van der Waals surface area contributed by atoms with Crippen LogP contribution in [0.3, 0.4) is 0 Å². The third-order valence-electron chi connectivity index (χ3n) is 6.71. The van der Waals surface area contributed by atoms with Crippen molar-refractivity contribution in [2.75, 3.05) is 0 Å². The molecule has 8 nitrogen and oxygen atoms in total. The Balaban J connectivity index is 1.38. The number of benzene rings is 4. The van der Waals surface area contributed by atoms with Gasteiger partial charge in [-0.2, -0.15) is 21.6 Å². The summed E-state index contributed by atoms with van der Waals surface area (Å²) < 4.78 is 74.0. The number of hydrogen-bond donors (Lipinski definition) is 0. The van der Waals surface area contributed by atoms with E-state index in [1.165, 1.54) is 41.1 Å². The molecule has 6 aromatic rings. The smallest absolute Gasteiger partial charge is 0.253 e. The van der Waals surface area contributed by atoms with Crippen molar-refractivity contribution in [3.05, 3.63) is 120 Å². The SMILES string of the molecule is Cc1ccc(C(OS(=O)(=O)c2ccc(-n3nc(-c4ccc(Cl)cc4)nc3-c3ccc4nccnc4c3)cc2)C(F)(F)F)cc1. The van der Waals surface area contributed by atoms with E-state index >= 15 is 0 Å². The molecule has 6 rings (SSSR count). The number of hydrogen-bond acceptors (Lipinski definition) is 7. The molecular weight excluding hydrogens is 615 g/mol. The number of nitrogens with zero attached hydrogens (tertiary/aromatic N) is 5. The fraction of sp³-hybridized carbons (Fsp3) is 0.0968. The summed E-state index contributed by atoms with van der Waals surface area (Å²) in [5.74, 6) is 0.771. The summed E-state index contributed by atoms with van der Waals surface area (Å²) in [5.41, 5.74) is 3.42. The highest BCUT2D eigenvalue weighted by molar-refractivity contribution is 7.86. The minimum absolute atomic E-state index is 0.328. The molecule has 1 atom stereocenters. The zero-order valence-electron chi connectivity index (χ0n) is 22.8. The minimum atomic E-state index is -4.97. The van der Waals surface area contributed by atoms with Crippen LogP contribution < -0.4 is 0 Å². The van der Waals surface area contributed by atoms with Gasteiger partial charge in [0.2, 0.25) is 0 Å². The molecule has 0 spiro atoms. The molecule has 0 saturated carbocycles. The number of aromatic nitrogens is 5. The highest BCUT2D eigenvalue weighted by Crippen LogP contribution is 2.38. The summed E-state index contributed by atoms with van der Waals surface area (Å²) in [7, 11) is -4.82. The van der Waals surface area contributed by atoms with Crippen molar-refractivity contribution >= 4 is 32.8 Å². The van der Waals surface area contributed by atoms with Crippen LogP contribution in [0.1, 0.15) is 17.2 Å². The van der Waals surface area contributed by atoms with Gasteiger partial charge in [0.05, 0.1) is 21.6 Å². The molecule has 0 aliphatic carbocycles. The summed E-state index contributed by atoms with van der Waals surface area (Å²) in [6, 6.07) is 22.7. The van der Waals surface area contributed by atoms with E-state index in [1.807, 2.05) is 0 Å². The van der Waals surface area contributed by atoms with Crippen LogP contribution in [-0.2, 0) is 14.3 Å². The van der Waals surface area contributed by atoms with E-state index in [9.17, 15) is 21.6 Å². The molecular formula is C31H21ClF3N5O3S. The van der Waals surface area contributed by atoms with E-state index in [2.05, 4.69) is 15.1 Å². The molecule has 4 aromatic carbocycles. The fourth-order valence-electron chi connectivity index (χ4n) is 4.48. The van der Waals surface area contributed by atoms with Crippen LogP contribution in [0, 0.1) is 6.92 Å². The molecule has 0 radical (unpaired) electrons. The van der Waals surface area contributed by atoms with Gasteiger partial charge in [0.1, 0.15) is 0 Å². The van der Waals surface area contributed by atoms with Gasteiger partial charge >= 0.3 is 6.18 Å². The van der Waals surface area contributed by atoms with Gasteiger partial charge in [-0.05, 0) is 79.2 Å². The average molecular weight is 636 g/mol. The zero-order valence-corrected chi connectivity index (χ0v) is 24.3. The van der Waals surface area contributed by atoms with Crippen molar-refractivity contribution in [1.82, 2.24) is 24.7 Å². The van der Waals surface area contributed by atoms with E-state index in [4.69, 9.17) is 20.8 Å². The lowest BCUT2D eigenvalue weighted by Crippen LogP contribution is -2.26. The summed E-state index contributed by atoms with van der Waals surface area (Å²) in [5, 5.41) is 5.19. The molecule has 0 N–H and O–H groups in total. The van der Waals surface area contributed by atoms with Gasteiger partial charge in [0.15, 0.2) is 17.8 Å². The van der Waals surface area contributed by atoms with Crippen molar-refractivity contribution in [3.8, 4) is 28.5 Å². The van der Waals surface area contributed by atoms with Gasteiger partial charge in [-0.15, -0.1) is 5.10 Å². The number of fused-ring (bicyclic) bond motifs is 1. The molecule has 13 heteroatoms. The maximum Gasteiger partial charge on any atom is 0.420 e. The summed E-state index contributed by atoms with van der Waals surface area (Å²) in [4.78, 5) is 12.9. The quantitative estimate of drug-likeness (QED) is 0.167. The summed E-state index contributed by atoms with van der Waals surface area (Å²) in [6.45, 7) is 1.71. The Kier molecular flexibility index (Phi) is 7.66. The Bertz CT molecular complexity index is 2070. The van der Waals surface area contributed by atoms with Gasteiger partial charge in [0.25, 0.3) is 10.1 Å². The molecule has 0 bridgehead atoms. The van der Waals surface area contributed by atoms with Crippen molar-refractivity contribution in [2.45, 2.75) is 24.1 Å². The lowest BCUT2D eigenvalue weighted by Gasteiger charge is -2.21. The van der Waals surface area contributed by atoms with Gasteiger partial charge in [0, 0.05) is 28.5 Å².